The van der Waals surface area contributed by atoms with E-state index in [1.165, 1.54) is 11.1 Å². The number of anilines is 1. The third kappa shape index (κ3) is 5.39. The minimum absolute atomic E-state index is 0.0260. The van der Waals surface area contributed by atoms with E-state index in [9.17, 15) is 4.79 Å². The Hall–Kier alpha value is -2.33. The third-order valence-electron chi connectivity index (χ3n) is 4.00. The van der Waals surface area contributed by atoms with Crippen LogP contribution in [0.25, 0.3) is 0 Å². The van der Waals surface area contributed by atoms with Crippen molar-refractivity contribution >= 4 is 11.6 Å². The van der Waals surface area contributed by atoms with Gasteiger partial charge >= 0.3 is 0 Å². The van der Waals surface area contributed by atoms with E-state index in [2.05, 4.69) is 43.4 Å². The lowest BCUT2D eigenvalue weighted by Gasteiger charge is -2.15. The van der Waals surface area contributed by atoms with E-state index in [1.807, 2.05) is 24.3 Å². The number of rotatable bonds is 8. The maximum absolute atomic E-state index is 12.3. The molecule has 3 N–H and O–H groups in total. The first-order valence-electron chi connectivity index (χ1n) is 8.41. The van der Waals surface area contributed by atoms with E-state index in [0.717, 1.165) is 17.9 Å². The molecule has 0 spiro atoms. The Morgan fingerprint density at radius 3 is 2.38 bits per heavy atom. The fourth-order valence-electron chi connectivity index (χ4n) is 2.58. The van der Waals surface area contributed by atoms with Crippen LogP contribution in [-0.2, 0) is 4.79 Å². The fraction of sp³-hybridized carbons (Fsp3) is 0.350. The highest BCUT2D eigenvalue weighted by molar-refractivity contribution is 5.91. The van der Waals surface area contributed by atoms with E-state index in [0.29, 0.717) is 19.6 Å². The Morgan fingerprint density at radius 2 is 1.79 bits per heavy atom. The highest BCUT2D eigenvalue weighted by atomic mass is 16.5. The van der Waals surface area contributed by atoms with Crippen molar-refractivity contribution in [3.05, 3.63) is 59.7 Å². The summed E-state index contributed by atoms with van der Waals surface area (Å²) in [5.41, 5.74) is 8.63. The molecule has 4 heteroatoms. The number of carbonyl (C=O) groups is 1. The maximum atomic E-state index is 12.3. The normalized spacial score (nSPS) is 11.8. The molecule has 0 saturated carbocycles. The van der Waals surface area contributed by atoms with E-state index in [-0.39, 0.29) is 11.8 Å². The molecule has 1 unspecified atom stereocenters. The van der Waals surface area contributed by atoms with Crippen LogP contribution in [0.4, 0.5) is 5.69 Å². The van der Waals surface area contributed by atoms with Crippen LogP contribution in [0.3, 0.4) is 0 Å². The van der Waals surface area contributed by atoms with E-state index in [4.69, 9.17) is 10.5 Å². The van der Waals surface area contributed by atoms with Crippen LogP contribution in [-0.4, -0.2) is 19.1 Å². The Kier molecular flexibility index (Phi) is 6.82. The first kappa shape index (κ1) is 18.0. The van der Waals surface area contributed by atoms with Crippen LogP contribution in [0.15, 0.2) is 48.5 Å². The van der Waals surface area contributed by atoms with Gasteiger partial charge in [-0.2, -0.15) is 0 Å². The minimum atomic E-state index is 0.0260. The van der Waals surface area contributed by atoms with Gasteiger partial charge in [-0.1, -0.05) is 36.8 Å². The summed E-state index contributed by atoms with van der Waals surface area (Å²) in [6, 6.07) is 15.8. The molecule has 2 aromatic rings. The smallest absolute Gasteiger partial charge is 0.224 e. The van der Waals surface area contributed by atoms with Crippen molar-refractivity contribution in [2.45, 2.75) is 32.6 Å². The van der Waals surface area contributed by atoms with Crippen LogP contribution >= 0.6 is 0 Å². The number of hydrogen-bond acceptors (Lipinski definition) is 3. The average molecular weight is 326 g/mol. The number of ether oxygens (including phenoxy) is 1. The second-order valence-electron chi connectivity index (χ2n) is 5.93. The van der Waals surface area contributed by atoms with Crippen molar-refractivity contribution in [1.29, 1.82) is 0 Å². The molecular weight excluding hydrogens is 300 g/mol. The zero-order valence-electron chi connectivity index (χ0n) is 14.4. The van der Waals surface area contributed by atoms with Gasteiger partial charge in [0.25, 0.3) is 0 Å². The predicted octanol–water partition coefficient (Wildman–Crippen LogP) is 3.85. The summed E-state index contributed by atoms with van der Waals surface area (Å²) in [4.78, 5) is 12.3. The molecule has 0 radical (unpaired) electrons. The summed E-state index contributed by atoms with van der Waals surface area (Å²) in [6.45, 7) is 5.15. The predicted molar refractivity (Wildman–Crippen MR) is 98.4 cm³/mol. The summed E-state index contributed by atoms with van der Waals surface area (Å²) < 4.78 is 5.43. The minimum Gasteiger partial charge on any atom is -0.492 e. The number of nitrogens with two attached hydrogens (primary N) is 1. The lowest BCUT2D eigenvalue weighted by Crippen LogP contribution is -2.15. The zero-order chi connectivity index (χ0) is 17.4. The molecule has 0 fully saturated rings. The number of amides is 1. The monoisotopic (exact) mass is 326 g/mol. The molecule has 0 aliphatic carbocycles. The highest BCUT2D eigenvalue weighted by Gasteiger charge is 2.14. The molecule has 1 amide bonds. The van der Waals surface area contributed by atoms with Gasteiger partial charge in [0, 0.05) is 18.7 Å². The van der Waals surface area contributed by atoms with Gasteiger partial charge in [0.2, 0.25) is 5.91 Å². The Labute approximate surface area is 144 Å². The average Bonchev–Trinajstić information content (AvgIpc) is 2.60. The summed E-state index contributed by atoms with van der Waals surface area (Å²) in [5, 5.41) is 2.95. The maximum Gasteiger partial charge on any atom is 0.224 e. The molecule has 0 aliphatic heterocycles. The molecule has 2 rings (SSSR count). The molecule has 0 heterocycles. The van der Waals surface area contributed by atoms with Gasteiger partial charge in [0.1, 0.15) is 12.4 Å². The molecule has 0 aromatic heterocycles. The summed E-state index contributed by atoms with van der Waals surface area (Å²) in [5.74, 6) is 1.01. The van der Waals surface area contributed by atoms with Gasteiger partial charge in [0.05, 0.1) is 0 Å². The van der Waals surface area contributed by atoms with Crippen molar-refractivity contribution in [1.82, 2.24) is 0 Å². The molecule has 24 heavy (non-hydrogen) atoms. The first-order chi connectivity index (χ1) is 11.6. The molecule has 4 nitrogen and oxygen atoms in total. The SMILES string of the molecule is CCC(CC(=O)Nc1ccc(OCCN)cc1)c1ccc(C)cc1. The van der Waals surface area contributed by atoms with Crippen LogP contribution in [0, 0.1) is 6.92 Å². The number of hydrogen-bond donors (Lipinski definition) is 2. The van der Waals surface area contributed by atoms with Gasteiger partial charge in [-0.25, -0.2) is 0 Å². The molecule has 128 valence electrons. The van der Waals surface area contributed by atoms with Crippen LogP contribution in [0.2, 0.25) is 0 Å². The number of benzene rings is 2. The fourth-order valence-corrected chi connectivity index (χ4v) is 2.58. The third-order valence-corrected chi connectivity index (χ3v) is 4.00. The quantitative estimate of drug-likeness (QED) is 0.774. The molecule has 0 bridgehead atoms. The topological polar surface area (TPSA) is 64.3 Å². The summed E-state index contributed by atoms with van der Waals surface area (Å²) >= 11 is 0. The van der Waals surface area contributed by atoms with Gasteiger partial charge in [-0.3, -0.25) is 4.79 Å². The number of nitrogens with one attached hydrogen (secondary N) is 1. The van der Waals surface area contributed by atoms with Crippen molar-refractivity contribution < 1.29 is 9.53 Å². The lowest BCUT2D eigenvalue weighted by molar-refractivity contribution is -0.116. The molecule has 0 saturated heterocycles. The Balaban J connectivity index is 1.92. The first-order valence-corrected chi connectivity index (χ1v) is 8.41. The largest absolute Gasteiger partial charge is 0.492 e. The van der Waals surface area contributed by atoms with Crippen LogP contribution in [0.5, 0.6) is 5.75 Å². The number of carbonyl (C=O) groups excluding carboxylic acids is 1. The molecule has 0 aliphatic rings. The van der Waals surface area contributed by atoms with Crippen molar-refractivity contribution in [2.75, 3.05) is 18.5 Å². The lowest BCUT2D eigenvalue weighted by atomic mass is 9.92. The zero-order valence-corrected chi connectivity index (χ0v) is 14.4. The Bertz CT molecular complexity index is 636. The van der Waals surface area contributed by atoms with Gasteiger partial charge < -0.3 is 15.8 Å². The summed E-state index contributed by atoms with van der Waals surface area (Å²) in [7, 11) is 0. The summed E-state index contributed by atoms with van der Waals surface area (Å²) in [6.07, 6.45) is 1.41. The van der Waals surface area contributed by atoms with Crippen molar-refractivity contribution in [3.63, 3.8) is 0 Å². The van der Waals surface area contributed by atoms with Crippen molar-refractivity contribution in [3.8, 4) is 5.75 Å². The van der Waals surface area contributed by atoms with E-state index in [1.54, 1.807) is 0 Å². The van der Waals surface area contributed by atoms with Crippen LogP contribution in [0.1, 0.15) is 36.8 Å². The van der Waals surface area contributed by atoms with Crippen LogP contribution < -0.4 is 15.8 Å². The van der Waals surface area contributed by atoms with Crippen molar-refractivity contribution in [2.24, 2.45) is 5.73 Å². The molecule has 2 aromatic carbocycles. The Morgan fingerprint density at radius 1 is 1.12 bits per heavy atom. The van der Waals surface area contributed by atoms with Gasteiger partial charge in [-0.05, 0) is 49.1 Å². The van der Waals surface area contributed by atoms with Gasteiger partial charge in [-0.15, -0.1) is 0 Å². The second-order valence-corrected chi connectivity index (χ2v) is 5.93. The molecule has 1 atom stereocenters. The number of aryl methyl sites for hydroxylation is 1. The second kappa shape index (κ2) is 9.08. The van der Waals surface area contributed by atoms with E-state index >= 15 is 0 Å². The van der Waals surface area contributed by atoms with E-state index < -0.39 is 0 Å². The highest BCUT2D eigenvalue weighted by Crippen LogP contribution is 2.24. The standard InChI is InChI=1S/C20H26N2O2/c1-3-16(17-6-4-15(2)5-7-17)14-20(23)22-18-8-10-19(11-9-18)24-13-12-21/h4-11,16H,3,12-14,21H2,1-2H3,(H,22,23). The van der Waals surface area contributed by atoms with Gasteiger partial charge in [0.15, 0.2) is 0 Å². The molecular formula is C20H26N2O2.